The largest absolute Gasteiger partial charge is 0.398 e. The standard InChI is InChI=1S/C9H13N.C2H4O.C2H6/c1-6-4-5-7(2)9(10)8(6)3;1-2-3;1-2/h4-5H,10H2,1-3H3;2H,1H3;1-2H3. The van der Waals surface area contributed by atoms with Gasteiger partial charge >= 0.3 is 0 Å². The molecule has 0 fully saturated rings. The molecule has 1 aromatic rings. The summed E-state index contributed by atoms with van der Waals surface area (Å²) in [5, 5.41) is 0. The van der Waals surface area contributed by atoms with Crippen LogP contribution in [-0.2, 0) is 4.79 Å². The monoisotopic (exact) mass is 209 g/mol. The van der Waals surface area contributed by atoms with Crippen molar-refractivity contribution in [3.05, 3.63) is 28.8 Å². The topological polar surface area (TPSA) is 43.1 Å². The number of carbonyl (C=O) groups excluding carboxylic acids is 1. The Balaban J connectivity index is 0. The minimum atomic E-state index is 0.750. The number of rotatable bonds is 0. The molecular formula is C13H23NO. The lowest BCUT2D eigenvalue weighted by atomic mass is 10.0. The highest BCUT2D eigenvalue weighted by Gasteiger charge is 1.98. The van der Waals surface area contributed by atoms with Crippen LogP contribution in [0.15, 0.2) is 12.1 Å². The van der Waals surface area contributed by atoms with Gasteiger partial charge in [0.1, 0.15) is 6.29 Å². The number of nitrogen functional groups attached to an aromatic ring is 1. The molecular weight excluding hydrogens is 186 g/mol. The van der Waals surface area contributed by atoms with E-state index in [0.29, 0.717) is 0 Å². The van der Waals surface area contributed by atoms with Gasteiger partial charge in [-0.05, 0) is 44.4 Å². The van der Waals surface area contributed by atoms with Crippen molar-refractivity contribution in [2.75, 3.05) is 5.73 Å². The van der Waals surface area contributed by atoms with E-state index >= 15 is 0 Å². The minimum Gasteiger partial charge on any atom is -0.398 e. The van der Waals surface area contributed by atoms with E-state index in [4.69, 9.17) is 10.5 Å². The van der Waals surface area contributed by atoms with Crippen molar-refractivity contribution in [3.63, 3.8) is 0 Å². The second-order valence-corrected chi connectivity index (χ2v) is 2.97. The highest BCUT2D eigenvalue weighted by atomic mass is 16.1. The summed E-state index contributed by atoms with van der Waals surface area (Å²) in [7, 11) is 0. The van der Waals surface area contributed by atoms with E-state index in [1.54, 1.807) is 0 Å². The first kappa shape index (κ1) is 16.1. The predicted molar refractivity (Wildman–Crippen MR) is 68.2 cm³/mol. The van der Waals surface area contributed by atoms with Crippen LogP contribution in [0.1, 0.15) is 37.5 Å². The Labute approximate surface area is 93.5 Å². The Kier molecular flexibility index (Phi) is 9.95. The van der Waals surface area contributed by atoms with Gasteiger partial charge in [0.15, 0.2) is 0 Å². The maximum Gasteiger partial charge on any atom is 0.116 e. The van der Waals surface area contributed by atoms with E-state index in [1.165, 1.54) is 23.6 Å². The van der Waals surface area contributed by atoms with Crippen molar-refractivity contribution >= 4 is 12.0 Å². The van der Waals surface area contributed by atoms with E-state index < -0.39 is 0 Å². The summed E-state index contributed by atoms with van der Waals surface area (Å²) in [4.78, 5) is 8.81. The molecule has 15 heavy (non-hydrogen) atoms. The molecule has 0 spiro atoms. The van der Waals surface area contributed by atoms with Gasteiger partial charge in [0.05, 0.1) is 0 Å². The fourth-order valence-corrected chi connectivity index (χ4v) is 0.973. The number of carbonyl (C=O) groups is 1. The Morgan fingerprint density at radius 3 is 1.73 bits per heavy atom. The summed E-state index contributed by atoms with van der Waals surface area (Å²) >= 11 is 0. The number of aldehydes is 1. The van der Waals surface area contributed by atoms with Crippen LogP contribution in [0.3, 0.4) is 0 Å². The summed E-state index contributed by atoms with van der Waals surface area (Å²) in [5.74, 6) is 0. The molecule has 0 aromatic heterocycles. The molecule has 0 atom stereocenters. The molecule has 0 aliphatic carbocycles. The zero-order chi connectivity index (χ0) is 12.4. The zero-order valence-corrected chi connectivity index (χ0v) is 10.7. The molecule has 1 aromatic carbocycles. The fourth-order valence-electron chi connectivity index (χ4n) is 0.973. The van der Waals surface area contributed by atoms with Crippen molar-refractivity contribution in [2.45, 2.75) is 41.5 Å². The average Bonchev–Trinajstić information content (AvgIpc) is 2.25. The van der Waals surface area contributed by atoms with Crippen LogP contribution in [0.5, 0.6) is 0 Å². The molecule has 0 aliphatic heterocycles. The third-order valence-corrected chi connectivity index (χ3v) is 2.00. The van der Waals surface area contributed by atoms with Gasteiger partial charge in [0, 0.05) is 5.69 Å². The molecule has 2 heteroatoms. The molecule has 2 nitrogen and oxygen atoms in total. The van der Waals surface area contributed by atoms with Crippen LogP contribution < -0.4 is 5.73 Å². The predicted octanol–water partition coefficient (Wildman–Crippen LogP) is 3.43. The van der Waals surface area contributed by atoms with Gasteiger partial charge < -0.3 is 10.5 Å². The molecule has 0 heterocycles. The zero-order valence-electron chi connectivity index (χ0n) is 10.7. The van der Waals surface area contributed by atoms with E-state index in [9.17, 15) is 0 Å². The van der Waals surface area contributed by atoms with Crippen LogP contribution >= 0.6 is 0 Å². The molecule has 0 saturated heterocycles. The van der Waals surface area contributed by atoms with Crippen LogP contribution in [0.25, 0.3) is 0 Å². The molecule has 86 valence electrons. The van der Waals surface area contributed by atoms with Crippen molar-refractivity contribution in [3.8, 4) is 0 Å². The lowest BCUT2D eigenvalue weighted by Gasteiger charge is -2.05. The third kappa shape index (κ3) is 5.89. The smallest absolute Gasteiger partial charge is 0.116 e. The van der Waals surface area contributed by atoms with Crippen LogP contribution in [0.2, 0.25) is 0 Å². The van der Waals surface area contributed by atoms with Gasteiger partial charge in [-0.3, -0.25) is 0 Å². The molecule has 1 rings (SSSR count). The van der Waals surface area contributed by atoms with Gasteiger partial charge in [-0.15, -0.1) is 0 Å². The van der Waals surface area contributed by atoms with E-state index in [0.717, 1.165) is 12.0 Å². The number of nitrogens with two attached hydrogens (primary N) is 1. The molecule has 0 aliphatic rings. The highest BCUT2D eigenvalue weighted by molar-refractivity contribution is 5.55. The summed E-state index contributed by atoms with van der Waals surface area (Å²) in [6.07, 6.45) is 0.750. The lowest BCUT2D eigenvalue weighted by molar-refractivity contribution is -0.106. The Morgan fingerprint density at radius 1 is 1.07 bits per heavy atom. The SMILES string of the molecule is CC.CC=O.Cc1ccc(C)c(N)c1C. The van der Waals surface area contributed by atoms with Crippen molar-refractivity contribution in [1.82, 2.24) is 0 Å². The van der Waals surface area contributed by atoms with Crippen molar-refractivity contribution in [1.29, 1.82) is 0 Å². The van der Waals surface area contributed by atoms with Gasteiger partial charge in [-0.25, -0.2) is 0 Å². The second kappa shape index (κ2) is 9.25. The summed E-state index contributed by atoms with van der Waals surface area (Å²) in [6.45, 7) is 11.6. The normalized spacial score (nSPS) is 7.87. The summed E-state index contributed by atoms with van der Waals surface area (Å²) in [5.41, 5.74) is 10.4. The minimum absolute atomic E-state index is 0.750. The van der Waals surface area contributed by atoms with E-state index in [1.807, 2.05) is 20.8 Å². The fraction of sp³-hybridized carbons (Fsp3) is 0.462. The van der Waals surface area contributed by atoms with Gasteiger partial charge in [0.2, 0.25) is 0 Å². The van der Waals surface area contributed by atoms with Crippen LogP contribution in [0.4, 0.5) is 5.69 Å². The van der Waals surface area contributed by atoms with Crippen molar-refractivity contribution in [2.24, 2.45) is 0 Å². The van der Waals surface area contributed by atoms with Gasteiger partial charge in [-0.2, -0.15) is 0 Å². The molecule has 2 N–H and O–H groups in total. The van der Waals surface area contributed by atoms with Crippen LogP contribution in [0, 0.1) is 20.8 Å². The molecule has 0 bridgehead atoms. The lowest BCUT2D eigenvalue weighted by Crippen LogP contribution is -1.94. The molecule has 0 saturated carbocycles. The highest BCUT2D eigenvalue weighted by Crippen LogP contribution is 2.18. The Morgan fingerprint density at radius 2 is 1.40 bits per heavy atom. The van der Waals surface area contributed by atoms with E-state index in [2.05, 4.69) is 26.0 Å². The molecule has 0 radical (unpaired) electrons. The number of benzene rings is 1. The number of anilines is 1. The van der Waals surface area contributed by atoms with Crippen molar-refractivity contribution < 1.29 is 4.79 Å². The Hall–Kier alpha value is -1.31. The molecule has 0 amide bonds. The summed E-state index contributed by atoms with van der Waals surface area (Å²) < 4.78 is 0. The first-order chi connectivity index (χ1) is 7.04. The maximum atomic E-state index is 8.81. The number of aryl methyl sites for hydroxylation is 2. The quantitative estimate of drug-likeness (QED) is 0.525. The average molecular weight is 209 g/mol. The first-order valence-electron chi connectivity index (χ1n) is 5.26. The maximum absolute atomic E-state index is 8.81. The number of hydrogen-bond donors (Lipinski definition) is 1. The number of hydrogen-bond acceptors (Lipinski definition) is 2. The summed E-state index contributed by atoms with van der Waals surface area (Å²) in [6, 6.07) is 4.15. The first-order valence-corrected chi connectivity index (χ1v) is 5.26. The Bertz CT molecular complexity index is 266. The van der Waals surface area contributed by atoms with E-state index in [-0.39, 0.29) is 0 Å². The third-order valence-electron chi connectivity index (χ3n) is 2.00. The van der Waals surface area contributed by atoms with Gasteiger partial charge in [0.25, 0.3) is 0 Å². The van der Waals surface area contributed by atoms with Gasteiger partial charge in [-0.1, -0.05) is 26.0 Å². The molecule has 0 unspecified atom stereocenters. The van der Waals surface area contributed by atoms with Crippen LogP contribution in [-0.4, -0.2) is 6.29 Å². The second-order valence-electron chi connectivity index (χ2n) is 2.97.